The van der Waals surface area contributed by atoms with Gasteiger partial charge in [-0.2, -0.15) is 0 Å². The molecule has 2 aliphatic rings. The van der Waals surface area contributed by atoms with Crippen LogP contribution in [0, 0.1) is 11.8 Å². The molecular formula is C31H38N2O5S. The van der Waals surface area contributed by atoms with Crippen LogP contribution in [-0.2, 0) is 22.9 Å². The van der Waals surface area contributed by atoms with Gasteiger partial charge in [-0.1, -0.05) is 24.3 Å². The summed E-state index contributed by atoms with van der Waals surface area (Å²) in [6, 6.07) is 19.0. The van der Waals surface area contributed by atoms with E-state index < -0.39 is 15.6 Å². The Morgan fingerprint density at radius 2 is 1.15 bits per heavy atom. The van der Waals surface area contributed by atoms with Gasteiger partial charge in [0, 0.05) is 19.2 Å². The van der Waals surface area contributed by atoms with Gasteiger partial charge in [0.25, 0.3) is 0 Å². The summed E-state index contributed by atoms with van der Waals surface area (Å²) in [6.07, 6.45) is 4.99. The second-order valence-corrected chi connectivity index (χ2v) is 12.8. The molecule has 0 bridgehead atoms. The average Bonchev–Trinajstić information content (AvgIpc) is 2.96. The number of rotatable bonds is 8. The number of methoxy groups -OCH3 is 1. The molecule has 208 valence electrons. The quantitative estimate of drug-likeness (QED) is 0.379. The smallest absolute Gasteiger partial charge is 0.206 e. The van der Waals surface area contributed by atoms with E-state index >= 15 is 0 Å². The molecule has 0 amide bonds. The summed E-state index contributed by atoms with van der Waals surface area (Å²) in [7, 11) is -2.07. The minimum absolute atomic E-state index is 0.0424. The fourth-order valence-corrected chi connectivity index (χ4v) is 7.27. The van der Waals surface area contributed by atoms with Crippen LogP contribution in [0.15, 0.2) is 76.5 Å². The number of phenols is 2. The lowest BCUT2D eigenvalue weighted by atomic mass is 9.78. The number of aromatic hydroxyl groups is 2. The van der Waals surface area contributed by atoms with Crippen LogP contribution >= 0.6 is 0 Å². The summed E-state index contributed by atoms with van der Waals surface area (Å²) in [4.78, 5) is 5.17. The van der Waals surface area contributed by atoms with Crippen molar-refractivity contribution in [2.45, 2.75) is 48.6 Å². The summed E-state index contributed by atoms with van der Waals surface area (Å²) >= 11 is 0. The SMILES string of the molecule is COc1ccc(CN2CCC(C3CCN(Cc4ccc(S(=O)(=O)c5ccc(O)c(O)c5)cc4)CC3)CC2)cc1. The second-order valence-electron chi connectivity index (χ2n) is 10.9. The molecule has 0 spiro atoms. The summed E-state index contributed by atoms with van der Waals surface area (Å²) in [5.41, 5.74) is 2.43. The van der Waals surface area contributed by atoms with Crippen molar-refractivity contribution >= 4 is 9.84 Å². The standard InChI is InChI=1S/C31H38N2O5S/c1-38-27-6-2-23(3-7-27)21-32-16-12-25(13-17-32)26-14-18-33(19-15-26)22-24-4-8-28(9-5-24)39(36,37)29-10-11-30(34)31(35)20-29/h2-11,20,25-26,34-35H,12-19,21-22H2,1H3. The lowest BCUT2D eigenvalue weighted by molar-refractivity contribution is 0.0909. The first-order chi connectivity index (χ1) is 18.8. The first-order valence-electron chi connectivity index (χ1n) is 13.8. The number of nitrogens with zero attached hydrogens (tertiary/aromatic N) is 2. The average molecular weight is 551 g/mol. The monoisotopic (exact) mass is 550 g/mol. The number of benzene rings is 3. The number of hydrogen-bond acceptors (Lipinski definition) is 7. The number of hydrogen-bond donors (Lipinski definition) is 2. The van der Waals surface area contributed by atoms with Crippen molar-refractivity contribution in [3.63, 3.8) is 0 Å². The number of likely N-dealkylation sites (tertiary alicyclic amines) is 2. The lowest BCUT2D eigenvalue weighted by Gasteiger charge is -2.40. The van der Waals surface area contributed by atoms with E-state index in [0.29, 0.717) is 0 Å². The second kappa shape index (κ2) is 12.0. The van der Waals surface area contributed by atoms with Crippen molar-refractivity contribution in [1.29, 1.82) is 0 Å². The Kier molecular flexibility index (Phi) is 8.45. The first kappa shape index (κ1) is 27.5. The van der Waals surface area contributed by atoms with Crippen molar-refractivity contribution in [1.82, 2.24) is 9.80 Å². The zero-order valence-corrected chi connectivity index (χ0v) is 23.3. The summed E-state index contributed by atoms with van der Waals surface area (Å²) < 4.78 is 31.1. The van der Waals surface area contributed by atoms with Crippen molar-refractivity contribution in [3.05, 3.63) is 77.9 Å². The maximum Gasteiger partial charge on any atom is 0.206 e. The normalized spacial score (nSPS) is 18.3. The predicted molar refractivity (Wildman–Crippen MR) is 151 cm³/mol. The molecule has 0 saturated carbocycles. The van der Waals surface area contributed by atoms with E-state index in [1.165, 1.54) is 43.4 Å². The van der Waals surface area contributed by atoms with Gasteiger partial charge in [-0.25, -0.2) is 8.42 Å². The van der Waals surface area contributed by atoms with Crippen LogP contribution in [0.5, 0.6) is 17.2 Å². The molecule has 5 rings (SSSR count). The van der Waals surface area contributed by atoms with E-state index in [-0.39, 0.29) is 15.5 Å². The van der Waals surface area contributed by atoms with Crippen LogP contribution in [0.2, 0.25) is 0 Å². The van der Waals surface area contributed by atoms with E-state index in [2.05, 4.69) is 21.9 Å². The van der Waals surface area contributed by atoms with Crippen molar-refractivity contribution in [3.8, 4) is 17.2 Å². The third kappa shape index (κ3) is 6.57. The summed E-state index contributed by atoms with van der Waals surface area (Å²) in [5.74, 6) is 1.71. The Bertz CT molecular complexity index is 1340. The molecule has 39 heavy (non-hydrogen) atoms. The van der Waals surface area contributed by atoms with Gasteiger partial charge in [0.15, 0.2) is 11.5 Å². The number of ether oxygens (including phenoxy) is 1. The highest BCUT2D eigenvalue weighted by molar-refractivity contribution is 7.91. The summed E-state index contributed by atoms with van der Waals surface area (Å²) in [6.45, 7) is 6.29. The maximum atomic E-state index is 12.9. The van der Waals surface area contributed by atoms with Gasteiger partial charge in [-0.3, -0.25) is 9.80 Å². The summed E-state index contributed by atoms with van der Waals surface area (Å²) in [5, 5.41) is 19.2. The molecule has 2 fully saturated rings. The fourth-order valence-electron chi connectivity index (χ4n) is 5.99. The Morgan fingerprint density at radius 1 is 0.692 bits per heavy atom. The largest absolute Gasteiger partial charge is 0.504 e. The van der Waals surface area contributed by atoms with Gasteiger partial charge in [0.05, 0.1) is 16.9 Å². The number of phenolic OH excluding ortho intramolecular Hbond substituents is 2. The van der Waals surface area contributed by atoms with Gasteiger partial charge in [-0.05, 0) is 111 Å². The first-order valence-corrected chi connectivity index (χ1v) is 15.2. The molecular weight excluding hydrogens is 512 g/mol. The molecule has 2 saturated heterocycles. The van der Waals surface area contributed by atoms with Crippen molar-refractivity contribution in [2.24, 2.45) is 11.8 Å². The van der Waals surface area contributed by atoms with Crippen LogP contribution in [0.4, 0.5) is 0 Å². The molecule has 0 aromatic heterocycles. The van der Waals surface area contributed by atoms with Gasteiger partial charge in [-0.15, -0.1) is 0 Å². The van der Waals surface area contributed by atoms with Crippen molar-refractivity contribution in [2.75, 3.05) is 33.3 Å². The Morgan fingerprint density at radius 3 is 1.62 bits per heavy atom. The number of sulfone groups is 1. The molecule has 2 N–H and O–H groups in total. The van der Waals surface area contributed by atoms with E-state index in [9.17, 15) is 18.6 Å². The fraction of sp³-hybridized carbons (Fsp3) is 0.419. The third-order valence-corrected chi connectivity index (χ3v) is 10.2. The molecule has 0 unspecified atom stereocenters. The maximum absolute atomic E-state index is 12.9. The molecule has 3 aromatic rings. The molecule has 0 atom stereocenters. The molecule has 0 aliphatic carbocycles. The minimum atomic E-state index is -3.77. The predicted octanol–water partition coefficient (Wildman–Crippen LogP) is 5.06. The van der Waals surface area contributed by atoms with Crippen LogP contribution < -0.4 is 4.74 Å². The Hall–Kier alpha value is -3.07. The molecule has 2 heterocycles. The number of piperidine rings is 2. The molecule has 0 radical (unpaired) electrons. The molecule has 7 nitrogen and oxygen atoms in total. The topological polar surface area (TPSA) is 90.3 Å². The van der Waals surface area contributed by atoms with Crippen LogP contribution in [0.3, 0.4) is 0 Å². The van der Waals surface area contributed by atoms with Gasteiger partial charge >= 0.3 is 0 Å². The van der Waals surface area contributed by atoms with Gasteiger partial charge < -0.3 is 14.9 Å². The Balaban J connectivity index is 1.08. The highest BCUT2D eigenvalue weighted by Crippen LogP contribution is 2.34. The van der Waals surface area contributed by atoms with E-state index in [4.69, 9.17) is 4.74 Å². The Labute approximate surface area is 231 Å². The molecule has 2 aliphatic heterocycles. The van der Waals surface area contributed by atoms with E-state index in [0.717, 1.165) is 68.5 Å². The zero-order valence-electron chi connectivity index (χ0n) is 22.5. The van der Waals surface area contributed by atoms with Gasteiger partial charge in [0.1, 0.15) is 5.75 Å². The van der Waals surface area contributed by atoms with Gasteiger partial charge in [0.2, 0.25) is 9.84 Å². The highest BCUT2D eigenvalue weighted by Gasteiger charge is 2.29. The van der Waals surface area contributed by atoms with Crippen molar-refractivity contribution < 1.29 is 23.4 Å². The van der Waals surface area contributed by atoms with Crippen LogP contribution in [0.1, 0.15) is 36.8 Å². The minimum Gasteiger partial charge on any atom is -0.504 e. The zero-order chi connectivity index (χ0) is 27.4. The molecule has 3 aromatic carbocycles. The van der Waals surface area contributed by atoms with E-state index in [1.54, 1.807) is 19.2 Å². The third-order valence-electron chi connectivity index (χ3n) is 8.39. The van der Waals surface area contributed by atoms with E-state index in [1.807, 2.05) is 24.3 Å². The highest BCUT2D eigenvalue weighted by atomic mass is 32.2. The van der Waals surface area contributed by atoms with Crippen LogP contribution in [0.25, 0.3) is 0 Å². The lowest BCUT2D eigenvalue weighted by Crippen LogP contribution is -2.40. The van der Waals surface area contributed by atoms with Crippen LogP contribution in [-0.4, -0.2) is 61.7 Å². The molecule has 8 heteroatoms.